The Hall–Kier alpha value is -2.97. The number of ether oxygens (including phenoxy) is 1. The standard InChI is InChI=1S/C24H19OS/c1-25-22-14-12-20(13-15-22)24-17-21(18-8-4-2-5-9-18)16-23(26-24)19-10-6-3-7-11-19/h2-17H,1H3/q+1. The average molecular weight is 355 g/mol. The predicted octanol–water partition coefficient (Wildman–Crippen LogP) is 7.04. The van der Waals surface area contributed by atoms with Gasteiger partial charge >= 0.3 is 0 Å². The molecule has 126 valence electrons. The highest BCUT2D eigenvalue weighted by Crippen LogP contribution is 2.37. The molecular formula is C24H19OS+. The Balaban J connectivity index is 1.87. The zero-order valence-corrected chi connectivity index (χ0v) is 15.4. The lowest BCUT2D eigenvalue weighted by molar-refractivity contribution is 0.415. The molecule has 0 unspecified atom stereocenters. The molecule has 0 radical (unpaired) electrons. The number of hydrogen-bond acceptors (Lipinski definition) is 1. The van der Waals surface area contributed by atoms with Crippen molar-refractivity contribution in [1.82, 2.24) is 0 Å². The van der Waals surface area contributed by atoms with Gasteiger partial charge in [0.2, 0.25) is 21.1 Å². The zero-order valence-electron chi connectivity index (χ0n) is 14.6. The summed E-state index contributed by atoms with van der Waals surface area (Å²) in [6, 6.07) is 33.9. The van der Waals surface area contributed by atoms with Gasteiger partial charge in [-0.3, -0.25) is 0 Å². The second-order valence-corrected chi connectivity index (χ2v) is 7.12. The molecule has 1 aromatic heterocycles. The predicted molar refractivity (Wildman–Crippen MR) is 112 cm³/mol. The van der Waals surface area contributed by atoms with Gasteiger partial charge in [0, 0.05) is 23.3 Å². The number of methoxy groups -OCH3 is 1. The van der Waals surface area contributed by atoms with E-state index in [4.69, 9.17) is 4.74 Å². The normalized spacial score (nSPS) is 10.5. The summed E-state index contributed by atoms with van der Waals surface area (Å²) in [5.74, 6) is 0.876. The fourth-order valence-electron chi connectivity index (χ4n) is 2.94. The van der Waals surface area contributed by atoms with E-state index in [2.05, 4.69) is 84.9 Å². The van der Waals surface area contributed by atoms with E-state index in [1.54, 1.807) is 7.11 Å². The second-order valence-electron chi connectivity index (χ2n) is 6.04. The molecule has 0 atom stereocenters. The van der Waals surface area contributed by atoms with E-state index in [1.807, 2.05) is 23.5 Å². The first kappa shape index (κ1) is 16.5. The smallest absolute Gasteiger partial charge is 0.239 e. The van der Waals surface area contributed by atoms with Crippen molar-refractivity contribution in [2.75, 3.05) is 7.11 Å². The summed E-state index contributed by atoms with van der Waals surface area (Å²) in [4.78, 5) is 2.51. The first-order valence-corrected chi connectivity index (χ1v) is 9.38. The maximum Gasteiger partial charge on any atom is 0.239 e. The van der Waals surface area contributed by atoms with E-state index >= 15 is 0 Å². The lowest BCUT2D eigenvalue weighted by atomic mass is 10.0. The topological polar surface area (TPSA) is 9.23 Å². The SMILES string of the molecule is COc1ccc(-c2cc(-c3ccccc3)cc(-c3ccccc3)[s+]2)cc1. The van der Waals surface area contributed by atoms with E-state index in [9.17, 15) is 0 Å². The van der Waals surface area contributed by atoms with Gasteiger partial charge in [-0.2, -0.15) is 0 Å². The molecule has 0 aliphatic carbocycles. The molecule has 0 aliphatic rings. The zero-order chi connectivity index (χ0) is 17.8. The van der Waals surface area contributed by atoms with Crippen molar-refractivity contribution in [2.24, 2.45) is 0 Å². The van der Waals surface area contributed by atoms with Crippen molar-refractivity contribution in [1.29, 1.82) is 0 Å². The summed E-state index contributed by atoms with van der Waals surface area (Å²) in [6.45, 7) is 0. The van der Waals surface area contributed by atoms with Crippen LogP contribution in [-0.4, -0.2) is 7.11 Å². The van der Waals surface area contributed by atoms with Crippen molar-refractivity contribution >= 4 is 11.3 Å². The molecule has 1 heterocycles. The van der Waals surface area contributed by atoms with Crippen LogP contribution in [0.2, 0.25) is 0 Å². The van der Waals surface area contributed by atoms with Crippen LogP contribution in [0.15, 0.2) is 97.1 Å². The Morgan fingerprint density at radius 1 is 0.538 bits per heavy atom. The molecule has 1 nitrogen and oxygen atoms in total. The Morgan fingerprint density at radius 2 is 1.04 bits per heavy atom. The van der Waals surface area contributed by atoms with Crippen molar-refractivity contribution in [3.05, 3.63) is 97.1 Å². The number of rotatable bonds is 4. The number of benzene rings is 3. The quantitative estimate of drug-likeness (QED) is 0.357. The van der Waals surface area contributed by atoms with Gasteiger partial charge in [0.15, 0.2) is 0 Å². The van der Waals surface area contributed by atoms with Crippen LogP contribution < -0.4 is 4.74 Å². The lowest BCUT2D eigenvalue weighted by Crippen LogP contribution is -1.84. The highest BCUT2D eigenvalue weighted by Gasteiger charge is 2.19. The molecule has 0 N–H and O–H groups in total. The van der Waals surface area contributed by atoms with Crippen molar-refractivity contribution in [2.45, 2.75) is 0 Å². The van der Waals surface area contributed by atoms with Crippen LogP contribution >= 0.6 is 11.3 Å². The van der Waals surface area contributed by atoms with E-state index in [0.29, 0.717) is 0 Å². The Labute approximate surface area is 158 Å². The van der Waals surface area contributed by atoms with Gasteiger partial charge in [-0.05, 0) is 47.5 Å². The molecule has 0 aliphatic heterocycles. The fraction of sp³-hybridized carbons (Fsp3) is 0.0417. The van der Waals surface area contributed by atoms with E-state index in [0.717, 1.165) is 5.75 Å². The minimum absolute atomic E-state index is 0.876. The summed E-state index contributed by atoms with van der Waals surface area (Å²) in [6.07, 6.45) is 0. The van der Waals surface area contributed by atoms with Crippen LogP contribution in [-0.2, 0) is 0 Å². The minimum Gasteiger partial charge on any atom is -0.497 e. The highest BCUT2D eigenvalue weighted by atomic mass is 32.1. The summed E-state index contributed by atoms with van der Waals surface area (Å²) < 4.78 is 5.29. The average Bonchev–Trinajstić information content (AvgIpc) is 2.75. The Bertz CT molecular complexity index is 936. The highest BCUT2D eigenvalue weighted by molar-refractivity contribution is 7.18. The molecule has 4 aromatic rings. The largest absolute Gasteiger partial charge is 0.497 e. The van der Waals surface area contributed by atoms with Gasteiger partial charge < -0.3 is 4.74 Å². The van der Waals surface area contributed by atoms with E-state index in [-0.39, 0.29) is 0 Å². The van der Waals surface area contributed by atoms with Crippen molar-refractivity contribution in [3.63, 3.8) is 0 Å². The molecule has 4 rings (SSSR count). The molecule has 2 heteroatoms. The van der Waals surface area contributed by atoms with Gasteiger partial charge in [-0.25, -0.2) is 0 Å². The van der Waals surface area contributed by atoms with Gasteiger partial charge in [0.1, 0.15) is 5.75 Å². The molecule has 0 fully saturated rings. The fourth-order valence-corrected chi connectivity index (χ4v) is 4.06. The maximum absolute atomic E-state index is 5.29. The summed E-state index contributed by atoms with van der Waals surface area (Å²) >= 11 is 1.81. The molecule has 3 aromatic carbocycles. The molecule has 0 spiro atoms. The van der Waals surface area contributed by atoms with Crippen LogP contribution in [0, 0.1) is 0 Å². The van der Waals surface area contributed by atoms with E-state index in [1.165, 1.54) is 32.0 Å². The van der Waals surface area contributed by atoms with Gasteiger partial charge in [0.05, 0.1) is 7.11 Å². The van der Waals surface area contributed by atoms with Crippen molar-refractivity contribution < 1.29 is 4.74 Å². The Morgan fingerprint density at radius 3 is 1.58 bits per heavy atom. The van der Waals surface area contributed by atoms with Crippen LogP contribution in [0.3, 0.4) is 0 Å². The molecule has 0 bridgehead atoms. The summed E-state index contributed by atoms with van der Waals surface area (Å²) in [5, 5.41) is 0. The minimum atomic E-state index is 0.876. The van der Waals surface area contributed by atoms with Gasteiger partial charge in [-0.15, -0.1) is 0 Å². The molecule has 26 heavy (non-hydrogen) atoms. The number of hydrogen-bond donors (Lipinski definition) is 0. The van der Waals surface area contributed by atoms with Crippen LogP contribution in [0.4, 0.5) is 0 Å². The Kier molecular flexibility index (Phi) is 4.76. The van der Waals surface area contributed by atoms with Crippen LogP contribution in [0.1, 0.15) is 0 Å². The van der Waals surface area contributed by atoms with Crippen LogP contribution in [0.25, 0.3) is 32.0 Å². The summed E-state index contributed by atoms with van der Waals surface area (Å²) in [5.41, 5.74) is 4.90. The first-order chi connectivity index (χ1) is 12.8. The third-order valence-electron chi connectivity index (χ3n) is 4.33. The molecule has 0 saturated heterocycles. The van der Waals surface area contributed by atoms with Crippen molar-refractivity contribution in [3.8, 4) is 37.8 Å². The molecular weight excluding hydrogens is 336 g/mol. The molecule has 0 saturated carbocycles. The first-order valence-electron chi connectivity index (χ1n) is 8.57. The summed E-state index contributed by atoms with van der Waals surface area (Å²) in [7, 11) is 1.70. The van der Waals surface area contributed by atoms with Gasteiger partial charge in [-0.1, -0.05) is 48.5 Å². The second kappa shape index (κ2) is 7.51. The monoisotopic (exact) mass is 355 g/mol. The lowest BCUT2D eigenvalue weighted by Gasteiger charge is -2.04. The third-order valence-corrected chi connectivity index (χ3v) is 5.48. The van der Waals surface area contributed by atoms with Gasteiger partial charge in [0.25, 0.3) is 0 Å². The van der Waals surface area contributed by atoms with E-state index < -0.39 is 0 Å². The molecule has 0 amide bonds. The maximum atomic E-state index is 5.29. The van der Waals surface area contributed by atoms with Crippen LogP contribution in [0.5, 0.6) is 5.75 Å². The third kappa shape index (κ3) is 3.51.